The number of hydrogen-bond acceptors (Lipinski definition) is 5. The molecule has 0 aliphatic carbocycles. The molecule has 2 aliphatic heterocycles. The van der Waals surface area contributed by atoms with E-state index in [1.807, 2.05) is 48.5 Å². The van der Waals surface area contributed by atoms with Gasteiger partial charge in [0.05, 0.1) is 10.5 Å². The zero-order chi connectivity index (χ0) is 24.4. The molecule has 0 spiro atoms. The number of sulfonamides is 1. The molecule has 0 N–H and O–H groups in total. The largest absolute Gasteiger partial charge is 0.452 e. The molecule has 3 aromatic carbocycles. The van der Waals surface area contributed by atoms with Gasteiger partial charge < -0.3 is 9.64 Å². The second-order valence-corrected chi connectivity index (χ2v) is 10.7. The maximum Gasteiger partial charge on any atom is 0.338 e. The smallest absolute Gasteiger partial charge is 0.338 e. The zero-order valence-corrected chi connectivity index (χ0v) is 20.0. The molecule has 0 radical (unpaired) electrons. The van der Waals surface area contributed by atoms with Crippen LogP contribution < -0.4 is 4.90 Å². The maximum absolute atomic E-state index is 13.3. The normalized spacial score (nSPS) is 15.7. The molecule has 0 atom stereocenters. The molecule has 7 nitrogen and oxygen atoms in total. The Morgan fingerprint density at radius 3 is 2.40 bits per heavy atom. The van der Waals surface area contributed by atoms with E-state index in [9.17, 15) is 18.0 Å². The Morgan fingerprint density at radius 1 is 0.829 bits per heavy atom. The minimum Gasteiger partial charge on any atom is -0.452 e. The number of anilines is 1. The lowest BCUT2D eigenvalue weighted by molar-refractivity contribution is -0.121. The number of amides is 1. The van der Waals surface area contributed by atoms with E-state index in [2.05, 4.69) is 0 Å². The summed E-state index contributed by atoms with van der Waals surface area (Å²) >= 11 is 0. The quantitative estimate of drug-likeness (QED) is 0.511. The highest BCUT2D eigenvalue weighted by Gasteiger charge is 2.29. The summed E-state index contributed by atoms with van der Waals surface area (Å²) in [5, 5.41) is 0. The molecule has 0 fully saturated rings. The van der Waals surface area contributed by atoms with Gasteiger partial charge in [0.15, 0.2) is 6.61 Å². The maximum atomic E-state index is 13.3. The third-order valence-electron chi connectivity index (χ3n) is 6.54. The number of para-hydroxylation sites is 1. The second-order valence-electron chi connectivity index (χ2n) is 8.74. The molecule has 5 rings (SSSR count). The predicted molar refractivity (Wildman–Crippen MR) is 132 cm³/mol. The highest BCUT2D eigenvalue weighted by Crippen LogP contribution is 2.27. The minimum absolute atomic E-state index is 0.0302. The van der Waals surface area contributed by atoms with E-state index in [1.165, 1.54) is 28.6 Å². The van der Waals surface area contributed by atoms with Crippen LogP contribution in [0.25, 0.3) is 0 Å². The topological polar surface area (TPSA) is 84.0 Å². The predicted octanol–water partition coefficient (Wildman–Crippen LogP) is 3.57. The lowest BCUT2D eigenvalue weighted by Gasteiger charge is -2.29. The first-order valence-electron chi connectivity index (χ1n) is 11.7. The average Bonchev–Trinajstić information content (AvgIpc) is 2.91. The Balaban J connectivity index is 1.27. The summed E-state index contributed by atoms with van der Waals surface area (Å²) in [6.45, 7) is 0.825. The van der Waals surface area contributed by atoms with Gasteiger partial charge in [0.25, 0.3) is 5.91 Å². The Morgan fingerprint density at radius 2 is 1.57 bits per heavy atom. The summed E-state index contributed by atoms with van der Waals surface area (Å²) in [6.07, 6.45) is 2.39. The third-order valence-corrected chi connectivity index (χ3v) is 8.38. The van der Waals surface area contributed by atoms with Crippen LogP contribution in [0.4, 0.5) is 5.69 Å². The van der Waals surface area contributed by atoms with Crippen molar-refractivity contribution in [3.63, 3.8) is 0 Å². The zero-order valence-electron chi connectivity index (χ0n) is 19.2. The molecule has 2 heterocycles. The standard InChI is InChI=1S/C27H26N2O5S/c30-26(29-15-6-11-21-8-3-4-13-25(21)29)19-34-27(31)22-10-5-12-24(17-22)35(32,33)28-16-14-20-7-1-2-9-23(20)18-28/h1-5,7-10,12-13,17H,6,11,14-16,18-19H2. The number of ether oxygens (including phenoxy) is 1. The molecule has 35 heavy (non-hydrogen) atoms. The highest BCUT2D eigenvalue weighted by atomic mass is 32.2. The molecular formula is C27H26N2O5S. The first-order chi connectivity index (χ1) is 16.9. The molecule has 0 bridgehead atoms. The number of fused-ring (bicyclic) bond motifs is 2. The van der Waals surface area contributed by atoms with Crippen LogP contribution in [-0.4, -0.2) is 44.3 Å². The van der Waals surface area contributed by atoms with Crippen LogP contribution in [0.3, 0.4) is 0 Å². The molecule has 0 saturated carbocycles. The fourth-order valence-electron chi connectivity index (χ4n) is 4.69. The van der Waals surface area contributed by atoms with Crippen LogP contribution >= 0.6 is 0 Å². The van der Waals surface area contributed by atoms with Gasteiger partial charge >= 0.3 is 5.97 Å². The van der Waals surface area contributed by atoms with E-state index in [0.29, 0.717) is 26.1 Å². The van der Waals surface area contributed by atoms with Gasteiger partial charge in [-0.25, -0.2) is 13.2 Å². The number of nitrogens with zero attached hydrogens (tertiary/aromatic N) is 2. The molecule has 0 aromatic heterocycles. The van der Waals surface area contributed by atoms with Gasteiger partial charge in [0.1, 0.15) is 0 Å². The highest BCUT2D eigenvalue weighted by molar-refractivity contribution is 7.89. The Labute approximate surface area is 205 Å². The van der Waals surface area contributed by atoms with Crippen molar-refractivity contribution in [2.45, 2.75) is 30.7 Å². The Bertz CT molecular complexity index is 1390. The second kappa shape index (κ2) is 9.64. The molecule has 0 saturated heterocycles. The van der Waals surface area contributed by atoms with Gasteiger partial charge in [-0.2, -0.15) is 4.31 Å². The SMILES string of the molecule is O=C(OCC(=O)N1CCCc2ccccc21)c1cccc(S(=O)(=O)N2CCc3ccccc3C2)c1. The third kappa shape index (κ3) is 4.72. The van der Waals surface area contributed by atoms with Crippen molar-refractivity contribution in [3.8, 4) is 0 Å². The molecular weight excluding hydrogens is 464 g/mol. The number of hydrogen-bond donors (Lipinski definition) is 0. The molecule has 0 unspecified atom stereocenters. The first kappa shape index (κ1) is 23.3. The van der Waals surface area contributed by atoms with Crippen molar-refractivity contribution in [1.29, 1.82) is 0 Å². The van der Waals surface area contributed by atoms with Crippen LogP contribution in [0, 0.1) is 0 Å². The van der Waals surface area contributed by atoms with Gasteiger partial charge in [-0.3, -0.25) is 4.79 Å². The number of aryl methyl sites for hydroxylation is 1. The van der Waals surface area contributed by atoms with Crippen LogP contribution in [-0.2, 0) is 38.9 Å². The van der Waals surface area contributed by atoms with E-state index < -0.39 is 22.6 Å². The first-order valence-corrected chi connectivity index (χ1v) is 13.1. The van der Waals surface area contributed by atoms with Gasteiger partial charge in [-0.05, 0) is 60.2 Å². The number of carbonyl (C=O) groups is 2. The Kier molecular flexibility index (Phi) is 6.40. The monoisotopic (exact) mass is 490 g/mol. The fraction of sp³-hybridized carbons (Fsp3) is 0.259. The number of benzene rings is 3. The van der Waals surface area contributed by atoms with Gasteiger partial charge in [0.2, 0.25) is 10.0 Å². The van der Waals surface area contributed by atoms with Gasteiger partial charge in [-0.15, -0.1) is 0 Å². The van der Waals surface area contributed by atoms with Gasteiger partial charge in [-0.1, -0.05) is 48.5 Å². The summed E-state index contributed by atoms with van der Waals surface area (Å²) in [5.41, 5.74) is 4.16. The summed E-state index contributed by atoms with van der Waals surface area (Å²) in [4.78, 5) is 27.1. The lowest BCUT2D eigenvalue weighted by atomic mass is 10.0. The van der Waals surface area contributed by atoms with E-state index in [1.54, 1.807) is 4.90 Å². The summed E-state index contributed by atoms with van der Waals surface area (Å²) in [6, 6.07) is 21.3. The average molecular weight is 491 g/mol. The minimum atomic E-state index is -3.79. The van der Waals surface area contributed by atoms with Crippen LogP contribution in [0.5, 0.6) is 0 Å². The van der Waals surface area contributed by atoms with E-state index >= 15 is 0 Å². The summed E-state index contributed by atoms with van der Waals surface area (Å²) in [5.74, 6) is -1.04. The lowest BCUT2D eigenvalue weighted by Crippen LogP contribution is -2.38. The van der Waals surface area contributed by atoms with Crippen LogP contribution in [0.2, 0.25) is 0 Å². The van der Waals surface area contributed by atoms with Crippen LogP contribution in [0.15, 0.2) is 77.7 Å². The van der Waals surface area contributed by atoms with Crippen molar-refractivity contribution in [2.75, 3.05) is 24.6 Å². The van der Waals surface area contributed by atoms with Crippen LogP contribution in [0.1, 0.15) is 33.5 Å². The van der Waals surface area contributed by atoms with Crippen molar-refractivity contribution < 1.29 is 22.7 Å². The molecule has 3 aromatic rings. The van der Waals surface area contributed by atoms with Crippen molar-refractivity contribution >= 4 is 27.6 Å². The van der Waals surface area contributed by atoms with Crippen molar-refractivity contribution in [2.24, 2.45) is 0 Å². The van der Waals surface area contributed by atoms with E-state index in [0.717, 1.165) is 35.2 Å². The summed E-state index contributed by atoms with van der Waals surface area (Å²) < 4.78 is 33.3. The van der Waals surface area contributed by atoms with E-state index in [4.69, 9.17) is 4.74 Å². The van der Waals surface area contributed by atoms with Crippen molar-refractivity contribution in [3.05, 3.63) is 95.1 Å². The Hall–Kier alpha value is -3.49. The fourth-order valence-corrected chi connectivity index (χ4v) is 6.15. The van der Waals surface area contributed by atoms with E-state index in [-0.39, 0.29) is 16.4 Å². The molecule has 2 aliphatic rings. The summed E-state index contributed by atoms with van der Waals surface area (Å²) in [7, 11) is -3.79. The number of esters is 1. The molecule has 8 heteroatoms. The molecule has 180 valence electrons. The molecule has 1 amide bonds. The van der Waals surface area contributed by atoms with Gasteiger partial charge in [0, 0.05) is 25.3 Å². The van der Waals surface area contributed by atoms with Crippen molar-refractivity contribution in [1.82, 2.24) is 4.31 Å². The number of carbonyl (C=O) groups excluding carboxylic acids is 2. The number of rotatable bonds is 5.